The number of carbonyl (C=O) groups excluding carboxylic acids is 1. The van der Waals surface area contributed by atoms with E-state index in [-0.39, 0.29) is 5.57 Å². The first-order valence-electron chi connectivity index (χ1n) is 8.07. The molecule has 0 aliphatic rings. The number of anilines is 1. The Kier molecular flexibility index (Phi) is 7.26. The third-order valence-corrected chi connectivity index (χ3v) is 4.64. The number of amides is 1. The second-order valence-electron chi connectivity index (χ2n) is 5.57. The third-order valence-electron chi connectivity index (χ3n) is 3.61. The number of nitriles is 1. The number of nitrogens with one attached hydrogen (secondary N) is 1. The van der Waals surface area contributed by atoms with E-state index in [0.29, 0.717) is 17.3 Å². The number of hydrogen-bond acceptors (Lipinski definition) is 3. The van der Waals surface area contributed by atoms with Gasteiger partial charge in [0.2, 0.25) is 0 Å². The second kappa shape index (κ2) is 9.42. The molecule has 134 valence electrons. The number of hydrogen-bond donors (Lipinski definition) is 1. The van der Waals surface area contributed by atoms with Gasteiger partial charge in [0.1, 0.15) is 17.4 Å². The summed E-state index contributed by atoms with van der Waals surface area (Å²) in [5.41, 5.74) is 2.04. The molecule has 0 saturated carbocycles. The van der Waals surface area contributed by atoms with E-state index in [1.54, 1.807) is 43.3 Å². The smallest absolute Gasteiger partial charge is 0.266 e. The maximum atomic E-state index is 12.4. The molecule has 0 aliphatic carbocycles. The van der Waals surface area contributed by atoms with Gasteiger partial charge in [-0.3, -0.25) is 4.79 Å². The lowest BCUT2D eigenvalue weighted by Crippen LogP contribution is -2.14. The molecule has 4 nitrogen and oxygen atoms in total. The number of rotatable bonds is 6. The Morgan fingerprint density at radius 1 is 1.38 bits per heavy atom. The van der Waals surface area contributed by atoms with Gasteiger partial charge in [0.15, 0.2) is 0 Å². The van der Waals surface area contributed by atoms with Crippen LogP contribution in [0.15, 0.2) is 46.4 Å². The fourth-order valence-electron chi connectivity index (χ4n) is 2.18. The van der Waals surface area contributed by atoms with Crippen LogP contribution in [0.2, 0.25) is 5.02 Å². The Hall–Kier alpha value is -2.29. The molecule has 6 heteroatoms. The molecule has 0 bridgehead atoms. The van der Waals surface area contributed by atoms with Crippen molar-refractivity contribution in [2.75, 3.05) is 11.9 Å². The van der Waals surface area contributed by atoms with E-state index in [1.807, 2.05) is 13.0 Å². The molecular formula is C20H18BrClN2O2. The Bertz CT molecular complexity index is 888. The van der Waals surface area contributed by atoms with Gasteiger partial charge in [0.25, 0.3) is 5.91 Å². The molecule has 0 spiro atoms. The lowest BCUT2D eigenvalue weighted by Gasteiger charge is -2.09. The highest BCUT2D eigenvalue weighted by molar-refractivity contribution is 9.10. The van der Waals surface area contributed by atoms with Crippen molar-refractivity contribution in [3.05, 3.63) is 62.6 Å². The lowest BCUT2D eigenvalue weighted by molar-refractivity contribution is -0.112. The predicted molar refractivity (Wildman–Crippen MR) is 108 cm³/mol. The third kappa shape index (κ3) is 5.10. The van der Waals surface area contributed by atoms with Gasteiger partial charge in [-0.15, -0.1) is 0 Å². The van der Waals surface area contributed by atoms with Crippen LogP contribution < -0.4 is 10.1 Å². The van der Waals surface area contributed by atoms with Crippen LogP contribution in [0.1, 0.15) is 24.5 Å². The molecule has 0 heterocycles. The zero-order valence-corrected chi connectivity index (χ0v) is 16.8. The van der Waals surface area contributed by atoms with Crippen molar-refractivity contribution in [3.8, 4) is 11.8 Å². The molecule has 0 aromatic heterocycles. The normalized spacial score (nSPS) is 11.0. The van der Waals surface area contributed by atoms with Gasteiger partial charge in [-0.2, -0.15) is 5.26 Å². The fraction of sp³-hybridized carbons (Fsp3) is 0.200. The standard InChI is InChI=1S/C20H18BrClN2O2/c1-3-9-26-19-8-7-14(11-16(19)21)10-15(12-23)20(25)24-18-6-4-5-17(22)13(18)2/h4-8,10-11H,3,9H2,1-2H3,(H,24,25)/b15-10+. The number of nitrogens with zero attached hydrogens (tertiary/aromatic N) is 1. The molecule has 0 aliphatic heterocycles. The summed E-state index contributed by atoms with van der Waals surface area (Å²) in [4.78, 5) is 12.4. The maximum absolute atomic E-state index is 12.4. The summed E-state index contributed by atoms with van der Waals surface area (Å²) in [6.45, 7) is 4.46. The van der Waals surface area contributed by atoms with Gasteiger partial charge in [0, 0.05) is 10.7 Å². The van der Waals surface area contributed by atoms with Crippen molar-refractivity contribution in [2.45, 2.75) is 20.3 Å². The van der Waals surface area contributed by atoms with Crippen LogP contribution in [0, 0.1) is 18.3 Å². The first kappa shape index (κ1) is 20.0. The van der Waals surface area contributed by atoms with E-state index in [9.17, 15) is 10.1 Å². The van der Waals surface area contributed by atoms with Crippen LogP contribution in [0.3, 0.4) is 0 Å². The van der Waals surface area contributed by atoms with Crippen molar-refractivity contribution in [1.29, 1.82) is 5.26 Å². The van der Waals surface area contributed by atoms with Crippen LogP contribution in [-0.4, -0.2) is 12.5 Å². The van der Waals surface area contributed by atoms with Crippen LogP contribution in [-0.2, 0) is 4.79 Å². The van der Waals surface area contributed by atoms with Crippen molar-refractivity contribution >= 4 is 45.2 Å². The molecule has 0 saturated heterocycles. The first-order chi connectivity index (χ1) is 12.5. The Morgan fingerprint density at radius 2 is 2.15 bits per heavy atom. The first-order valence-corrected chi connectivity index (χ1v) is 9.24. The summed E-state index contributed by atoms with van der Waals surface area (Å²) in [6.07, 6.45) is 2.44. The minimum absolute atomic E-state index is 0.00139. The van der Waals surface area contributed by atoms with Crippen molar-refractivity contribution in [1.82, 2.24) is 0 Å². The van der Waals surface area contributed by atoms with Crippen LogP contribution >= 0.6 is 27.5 Å². The van der Waals surface area contributed by atoms with E-state index >= 15 is 0 Å². The second-order valence-corrected chi connectivity index (χ2v) is 6.84. The van der Waals surface area contributed by atoms with Crippen LogP contribution in [0.5, 0.6) is 5.75 Å². The van der Waals surface area contributed by atoms with Crippen LogP contribution in [0.4, 0.5) is 5.69 Å². The van der Waals surface area contributed by atoms with E-state index in [4.69, 9.17) is 16.3 Å². The number of benzene rings is 2. The van der Waals surface area contributed by atoms with Crippen molar-refractivity contribution < 1.29 is 9.53 Å². The quantitative estimate of drug-likeness (QED) is 0.466. The van der Waals surface area contributed by atoms with Crippen molar-refractivity contribution in [3.63, 3.8) is 0 Å². The maximum Gasteiger partial charge on any atom is 0.266 e. The average molecular weight is 434 g/mol. The summed E-state index contributed by atoms with van der Waals surface area (Å²) < 4.78 is 6.37. The molecule has 0 radical (unpaired) electrons. The van der Waals surface area contributed by atoms with Gasteiger partial charge in [0.05, 0.1) is 11.1 Å². The fourth-order valence-corrected chi connectivity index (χ4v) is 2.87. The SMILES string of the molecule is CCCOc1ccc(/C=C(\C#N)C(=O)Nc2cccc(Cl)c2C)cc1Br. The highest BCUT2D eigenvalue weighted by Gasteiger charge is 2.12. The topological polar surface area (TPSA) is 62.1 Å². The van der Waals surface area contributed by atoms with Gasteiger partial charge in [-0.25, -0.2) is 0 Å². The molecule has 2 aromatic rings. The molecule has 2 aromatic carbocycles. The minimum atomic E-state index is -0.486. The number of halogens is 2. The van der Waals surface area contributed by atoms with E-state index < -0.39 is 5.91 Å². The molecule has 2 rings (SSSR count). The summed E-state index contributed by atoms with van der Waals surface area (Å²) in [6, 6.07) is 12.6. The van der Waals surface area contributed by atoms with E-state index in [1.165, 1.54) is 6.08 Å². The summed E-state index contributed by atoms with van der Waals surface area (Å²) in [5, 5.41) is 12.6. The van der Waals surface area contributed by atoms with Gasteiger partial charge < -0.3 is 10.1 Å². The number of carbonyl (C=O) groups is 1. The van der Waals surface area contributed by atoms with Crippen molar-refractivity contribution in [2.24, 2.45) is 0 Å². The minimum Gasteiger partial charge on any atom is -0.492 e. The zero-order valence-electron chi connectivity index (χ0n) is 14.5. The molecule has 1 N–H and O–H groups in total. The molecule has 0 fully saturated rings. The molecule has 26 heavy (non-hydrogen) atoms. The Morgan fingerprint density at radius 3 is 2.81 bits per heavy atom. The zero-order chi connectivity index (χ0) is 19.1. The molecule has 0 unspecified atom stereocenters. The molecular weight excluding hydrogens is 416 g/mol. The number of ether oxygens (including phenoxy) is 1. The Labute approximate surface area is 166 Å². The molecule has 0 atom stereocenters. The largest absolute Gasteiger partial charge is 0.492 e. The van der Waals surface area contributed by atoms with E-state index in [2.05, 4.69) is 21.2 Å². The van der Waals surface area contributed by atoms with Gasteiger partial charge in [-0.1, -0.05) is 30.7 Å². The molecule has 1 amide bonds. The van der Waals surface area contributed by atoms with Gasteiger partial charge >= 0.3 is 0 Å². The highest BCUT2D eigenvalue weighted by atomic mass is 79.9. The highest BCUT2D eigenvalue weighted by Crippen LogP contribution is 2.27. The monoisotopic (exact) mass is 432 g/mol. The summed E-state index contributed by atoms with van der Waals surface area (Å²) in [5.74, 6) is 0.238. The van der Waals surface area contributed by atoms with Crippen LogP contribution in [0.25, 0.3) is 6.08 Å². The Balaban J connectivity index is 2.21. The summed E-state index contributed by atoms with van der Waals surface area (Å²) >= 11 is 9.51. The lowest BCUT2D eigenvalue weighted by atomic mass is 10.1. The van der Waals surface area contributed by atoms with E-state index in [0.717, 1.165) is 27.8 Å². The van der Waals surface area contributed by atoms with Gasteiger partial charge in [-0.05, 0) is 70.7 Å². The summed E-state index contributed by atoms with van der Waals surface area (Å²) in [7, 11) is 0. The average Bonchev–Trinajstić information content (AvgIpc) is 2.62. The predicted octanol–water partition coefficient (Wildman–Crippen LogP) is 5.75.